The van der Waals surface area contributed by atoms with E-state index >= 15 is 0 Å². The van der Waals surface area contributed by atoms with Crippen molar-refractivity contribution in [2.24, 2.45) is 17.8 Å². The van der Waals surface area contributed by atoms with Gasteiger partial charge in [0.25, 0.3) is 0 Å². The van der Waals surface area contributed by atoms with Gasteiger partial charge in [-0.05, 0) is 56.4 Å². The van der Waals surface area contributed by atoms with Gasteiger partial charge in [-0.1, -0.05) is 19.3 Å². The number of rotatable bonds is 3. The lowest BCUT2D eigenvalue weighted by Crippen LogP contribution is -2.33. The molecule has 1 nitrogen and oxygen atoms in total. The normalized spacial score (nSPS) is 42.4. The Kier molecular flexibility index (Phi) is 2.53. The van der Waals surface area contributed by atoms with Crippen LogP contribution in [-0.2, 0) is 0 Å². The van der Waals surface area contributed by atoms with Gasteiger partial charge in [0, 0.05) is 6.04 Å². The molecule has 3 aliphatic rings. The van der Waals surface area contributed by atoms with Crippen molar-refractivity contribution in [2.75, 3.05) is 6.54 Å². The maximum Gasteiger partial charge on any atom is 0.00671 e. The third-order valence-electron chi connectivity index (χ3n) is 4.91. The van der Waals surface area contributed by atoms with E-state index in [9.17, 15) is 0 Å². The van der Waals surface area contributed by atoms with Crippen molar-refractivity contribution in [3.8, 4) is 0 Å². The van der Waals surface area contributed by atoms with Gasteiger partial charge >= 0.3 is 0 Å². The van der Waals surface area contributed by atoms with Gasteiger partial charge in [0.2, 0.25) is 0 Å². The van der Waals surface area contributed by atoms with E-state index in [1.165, 1.54) is 32.2 Å². The Morgan fingerprint density at radius 1 is 0.929 bits per heavy atom. The molecule has 0 amide bonds. The molecule has 3 atom stereocenters. The molecule has 3 aliphatic carbocycles. The van der Waals surface area contributed by atoms with Crippen molar-refractivity contribution in [3.05, 3.63) is 0 Å². The second-order valence-electron chi connectivity index (χ2n) is 5.82. The lowest BCUT2D eigenvalue weighted by Gasteiger charge is -2.23. The lowest BCUT2D eigenvalue weighted by atomic mass is 9.88. The van der Waals surface area contributed by atoms with Gasteiger partial charge in [0.15, 0.2) is 0 Å². The standard InChI is InChI=1S/C13H23N/c1-2-4-13(3-1)14-9-12-8-10-5-6-11(12)7-10/h10-14H,1-9H2. The van der Waals surface area contributed by atoms with Crippen molar-refractivity contribution in [1.82, 2.24) is 5.32 Å². The van der Waals surface area contributed by atoms with E-state index in [0.29, 0.717) is 0 Å². The number of nitrogens with one attached hydrogen (secondary N) is 1. The molecule has 0 radical (unpaired) electrons. The SMILES string of the molecule is C1CCC(NCC2CC3CCC2C3)C1. The fourth-order valence-corrected chi connectivity index (χ4v) is 4.07. The van der Waals surface area contributed by atoms with Gasteiger partial charge in [-0.3, -0.25) is 0 Å². The summed E-state index contributed by atoms with van der Waals surface area (Å²) in [6.07, 6.45) is 12.0. The first-order valence-electron chi connectivity index (χ1n) is 6.65. The van der Waals surface area contributed by atoms with Crippen LogP contribution in [0.2, 0.25) is 0 Å². The van der Waals surface area contributed by atoms with Crippen LogP contribution in [0.15, 0.2) is 0 Å². The van der Waals surface area contributed by atoms with E-state index in [2.05, 4.69) is 5.32 Å². The molecular formula is C13H23N. The summed E-state index contributed by atoms with van der Waals surface area (Å²) in [5, 5.41) is 3.81. The van der Waals surface area contributed by atoms with Crippen molar-refractivity contribution >= 4 is 0 Å². The second kappa shape index (κ2) is 3.84. The van der Waals surface area contributed by atoms with E-state index < -0.39 is 0 Å². The highest BCUT2D eigenvalue weighted by Gasteiger charge is 2.39. The summed E-state index contributed by atoms with van der Waals surface area (Å²) >= 11 is 0. The predicted octanol–water partition coefficient (Wildman–Crippen LogP) is 2.95. The highest BCUT2D eigenvalue weighted by Crippen LogP contribution is 2.48. The highest BCUT2D eigenvalue weighted by molar-refractivity contribution is 4.91. The van der Waals surface area contributed by atoms with Gasteiger partial charge in [0.1, 0.15) is 0 Å². The zero-order chi connectivity index (χ0) is 9.38. The molecule has 14 heavy (non-hydrogen) atoms. The Bertz CT molecular complexity index is 195. The molecule has 0 aromatic rings. The number of hydrogen-bond donors (Lipinski definition) is 1. The highest BCUT2D eigenvalue weighted by atomic mass is 14.9. The quantitative estimate of drug-likeness (QED) is 0.726. The van der Waals surface area contributed by atoms with E-state index in [1.54, 1.807) is 25.7 Å². The average molecular weight is 193 g/mol. The molecule has 1 heteroatoms. The molecule has 80 valence electrons. The molecule has 2 bridgehead atoms. The van der Waals surface area contributed by atoms with E-state index in [0.717, 1.165) is 23.8 Å². The molecule has 3 saturated carbocycles. The Balaban J connectivity index is 1.44. The maximum atomic E-state index is 3.81. The van der Waals surface area contributed by atoms with Crippen LogP contribution in [0.1, 0.15) is 51.4 Å². The molecule has 0 aliphatic heterocycles. The molecule has 0 heterocycles. The van der Waals surface area contributed by atoms with Gasteiger partial charge < -0.3 is 5.32 Å². The fourth-order valence-electron chi connectivity index (χ4n) is 4.07. The molecule has 3 fully saturated rings. The Morgan fingerprint density at radius 2 is 1.79 bits per heavy atom. The smallest absolute Gasteiger partial charge is 0.00671 e. The average Bonchev–Trinajstić information content (AvgIpc) is 2.91. The molecule has 0 aromatic heterocycles. The number of fused-ring (bicyclic) bond motifs is 2. The third-order valence-corrected chi connectivity index (χ3v) is 4.91. The van der Waals surface area contributed by atoms with Crippen LogP contribution in [-0.4, -0.2) is 12.6 Å². The molecule has 1 N–H and O–H groups in total. The Labute approximate surface area is 87.7 Å². The van der Waals surface area contributed by atoms with Crippen LogP contribution in [0.3, 0.4) is 0 Å². The van der Waals surface area contributed by atoms with Crippen LogP contribution in [0.4, 0.5) is 0 Å². The minimum absolute atomic E-state index is 0.883. The second-order valence-corrected chi connectivity index (χ2v) is 5.82. The maximum absolute atomic E-state index is 3.81. The summed E-state index contributed by atoms with van der Waals surface area (Å²) in [6, 6.07) is 0.883. The predicted molar refractivity (Wildman–Crippen MR) is 59.2 cm³/mol. The van der Waals surface area contributed by atoms with Crippen molar-refractivity contribution in [2.45, 2.75) is 57.4 Å². The molecule has 3 unspecified atom stereocenters. The van der Waals surface area contributed by atoms with Gasteiger partial charge in [0.05, 0.1) is 0 Å². The van der Waals surface area contributed by atoms with Crippen molar-refractivity contribution in [1.29, 1.82) is 0 Å². The van der Waals surface area contributed by atoms with E-state index in [4.69, 9.17) is 0 Å². The van der Waals surface area contributed by atoms with E-state index in [1.807, 2.05) is 0 Å². The van der Waals surface area contributed by atoms with Gasteiger partial charge in [-0.2, -0.15) is 0 Å². The number of hydrogen-bond acceptors (Lipinski definition) is 1. The third kappa shape index (κ3) is 1.71. The molecule has 0 saturated heterocycles. The first-order valence-corrected chi connectivity index (χ1v) is 6.65. The summed E-state index contributed by atoms with van der Waals surface area (Å²) in [6.45, 7) is 1.34. The zero-order valence-corrected chi connectivity index (χ0v) is 9.17. The van der Waals surface area contributed by atoms with Crippen LogP contribution < -0.4 is 5.32 Å². The fraction of sp³-hybridized carbons (Fsp3) is 1.00. The molecule has 0 spiro atoms. The van der Waals surface area contributed by atoms with Crippen LogP contribution in [0.5, 0.6) is 0 Å². The summed E-state index contributed by atoms with van der Waals surface area (Å²) in [5.74, 6) is 3.28. The minimum Gasteiger partial charge on any atom is -0.314 e. The molecule has 3 rings (SSSR count). The molecule has 0 aromatic carbocycles. The first kappa shape index (κ1) is 9.21. The Morgan fingerprint density at radius 3 is 2.43 bits per heavy atom. The monoisotopic (exact) mass is 193 g/mol. The lowest BCUT2D eigenvalue weighted by molar-refractivity contribution is 0.306. The van der Waals surface area contributed by atoms with Crippen LogP contribution in [0.25, 0.3) is 0 Å². The topological polar surface area (TPSA) is 12.0 Å². The summed E-state index contributed by atoms with van der Waals surface area (Å²) < 4.78 is 0. The minimum atomic E-state index is 0.883. The Hall–Kier alpha value is -0.0400. The first-order chi connectivity index (χ1) is 6.92. The zero-order valence-electron chi connectivity index (χ0n) is 9.17. The van der Waals surface area contributed by atoms with Crippen LogP contribution in [0, 0.1) is 17.8 Å². The van der Waals surface area contributed by atoms with Crippen molar-refractivity contribution in [3.63, 3.8) is 0 Å². The van der Waals surface area contributed by atoms with Crippen LogP contribution >= 0.6 is 0 Å². The summed E-state index contributed by atoms with van der Waals surface area (Å²) in [4.78, 5) is 0. The van der Waals surface area contributed by atoms with Gasteiger partial charge in [-0.15, -0.1) is 0 Å². The molecular weight excluding hydrogens is 170 g/mol. The van der Waals surface area contributed by atoms with Gasteiger partial charge in [-0.25, -0.2) is 0 Å². The summed E-state index contributed by atoms with van der Waals surface area (Å²) in [7, 11) is 0. The van der Waals surface area contributed by atoms with Crippen molar-refractivity contribution < 1.29 is 0 Å². The van der Waals surface area contributed by atoms with E-state index in [-0.39, 0.29) is 0 Å². The largest absolute Gasteiger partial charge is 0.314 e. The summed E-state index contributed by atoms with van der Waals surface area (Å²) in [5.41, 5.74) is 0.